The zero-order chi connectivity index (χ0) is 13.7. The van der Waals surface area contributed by atoms with E-state index in [4.69, 9.17) is 0 Å². The van der Waals surface area contributed by atoms with E-state index in [-0.39, 0.29) is 5.91 Å². The van der Waals surface area contributed by atoms with Crippen molar-refractivity contribution in [3.63, 3.8) is 0 Å². The highest BCUT2D eigenvalue weighted by Crippen LogP contribution is 2.43. The van der Waals surface area contributed by atoms with E-state index in [9.17, 15) is 4.79 Å². The van der Waals surface area contributed by atoms with Crippen molar-refractivity contribution in [3.05, 3.63) is 33.5 Å². The van der Waals surface area contributed by atoms with Crippen LogP contribution in [0.4, 0.5) is 0 Å². The second kappa shape index (κ2) is 4.41. The zero-order valence-electron chi connectivity index (χ0n) is 11.4. The fourth-order valence-electron chi connectivity index (χ4n) is 2.83. The summed E-state index contributed by atoms with van der Waals surface area (Å²) in [5.74, 6) is 2.61. The second-order valence-corrected chi connectivity index (χ2v) is 6.44. The maximum atomic E-state index is 12.7. The van der Waals surface area contributed by atoms with Crippen LogP contribution in [0.3, 0.4) is 0 Å². The van der Waals surface area contributed by atoms with Crippen molar-refractivity contribution < 1.29 is 4.79 Å². The number of carbonyl (C=O) groups excluding carboxylic acids is 1. The average molecular weight is 288 g/mol. The van der Waals surface area contributed by atoms with Crippen LogP contribution in [0.5, 0.6) is 0 Å². The van der Waals surface area contributed by atoms with Gasteiger partial charge < -0.3 is 9.47 Å². The molecule has 0 spiro atoms. The van der Waals surface area contributed by atoms with Gasteiger partial charge in [0.25, 0.3) is 5.91 Å². The SMILES string of the molecule is Cc1nnc2n1CCN(C(=O)c1sccc1C1CC1)C2. The number of aromatic nitrogens is 3. The third-order valence-corrected chi connectivity index (χ3v) is 5.05. The number of thiophene rings is 1. The first-order valence-corrected chi connectivity index (χ1v) is 7.87. The van der Waals surface area contributed by atoms with Crippen LogP contribution in [0, 0.1) is 6.92 Å². The van der Waals surface area contributed by atoms with Gasteiger partial charge in [0.05, 0.1) is 11.4 Å². The fraction of sp³-hybridized carbons (Fsp3) is 0.500. The summed E-state index contributed by atoms with van der Waals surface area (Å²) in [4.78, 5) is 15.5. The summed E-state index contributed by atoms with van der Waals surface area (Å²) in [6.07, 6.45) is 2.45. The number of hydrogen-bond donors (Lipinski definition) is 0. The van der Waals surface area contributed by atoms with Crippen molar-refractivity contribution in [2.75, 3.05) is 6.54 Å². The molecule has 2 aromatic rings. The van der Waals surface area contributed by atoms with E-state index in [1.165, 1.54) is 18.4 Å². The van der Waals surface area contributed by atoms with Crippen molar-refractivity contribution in [3.8, 4) is 0 Å². The summed E-state index contributed by atoms with van der Waals surface area (Å²) in [6.45, 7) is 4.07. The van der Waals surface area contributed by atoms with E-state index in [2.05, 4.69) is 20.8 Å². The maximum absolute atomic E-state index is 12.7. The molecule has 0 unspecified atom stereocenters. The largest absolute Gasteiger partial charge is 0.329 e. The van der Waals surface area contributed by atoms with Gasteiger partial charge in [0, 0.05) is 13.1 Å². The van der Waals surface area contributed by atoms with E-state index in [1.54, 1.807) is 11.3 Å². The van der Waals surface area contributed by atoms with E-state index in [0.29, 0.717) is 12.5 Å². The smallest absolute Gasteiger partial charge is 0.264 e. The third-order valence-electron chi connectivity index (χ3n) is 4.13. The molecule has 0 aromatic carbocycles. The van der Waals surface area contributed by atoms with Gasteiger partial charge in [-0.05, 0) is 42.7 Å². The molecule has 3 heterocycles. The Hall–Kier alpha value is -1.69. The Bertz CT molecular complexity index is 671. The summed E-state index contributed by atoms with van der Waals surface area (Å²) in [5.41, 5.74) is 1.25. The Morgan fingerprint density at radius 1 is 1.35 bits per heavy atom. The minimum Gasteiger partial charge on any atom is -0.329 e. The van der Waals surface area contributed by atoms with Gasteiger partial charge in [0.1, 0.15) is 5.82 Å². The number of hydrogen-bond acceptors (Lipinski definition) is 4. The molecule has 0 radical (unpaired) electrons. The number of fused-ring (bicyclic) bond motifs is 1. The molecule has 5 nitrogen and oxygen atoms in total. The van der Waals surface area contributed by atoms with Crippen LogP contribution >= 0.6 is 11.3 Å². The first-order valence-electron chi connectivity index (χ1n) is 6.99. The minimum atomic E-state index is 0.161. The number of amides is 1. The molecule has 104 valence electrons. The summed E-state index contributed by atoms with van der Waals surface area (Å²) >= 11 is 1.57. The number of nitrogens with zero attached hydrogens (tertiary/aromatic N) is 4. The molecule has 0 atom stereocenters. The van der Waals surface area contributed by atoms with Gasteiger partial charge in [-0.25, -0.2) is 0 Å². The van der Waals surface area contributed by atoms with Crippen molar-refractivity contribution in [2.24, 2.45) is 0 Å². The quantitative estimate of drug-likeness (QED) is 0.851. The van der Waals surface area contributed by atoms with Gasteiger partial charge in [-0.15, -0.1) is 21.5 Å². The predicted octanol–water partition coefficient (Wildman–Crippen LogP) is 2.18. The molecule has 1 amide bonds. The van der Waals surface area contributed by atoms with E-state index in [0.717, 1.165) is 29.6 Å². The highest BCUT2D eigenvalue weighted by molar-refractivity contribution is 7.12. The number of carbonyl (C=O) groups is 1. The molecule has 0 saturated heterocycles. The van der Waals surface area contributed by atoms with Gasteiger partial charge in [-0.3, -0.25) is 4.79 Å². The molecule has 1 saturated carbocycles. The molecule has 0 N–H and O–H groups in total. The predicted molar refractivity (Wildman–Crippen MR) is 75.8 cm³/mol. The lowest BCUT2D eigenvalue weighted by atomic mass is 10.1. The molecular weight excluding hydrogens is 272 g/mol. The van der Waals surface area contributed by atoms with Crippen LogP contribution in [0.1, 0.15) is 45.6 Å². The van der Waals surface area contributed by atoms with E-state index < -0.39 is 0 Å². The molecule has 1 aliphatic carbocycles. The Balaban J connectivity index is 1.59. The number of rotatable bonds is 2. The lowest BCUT2D eigenvalue weighted by molar-refractivity contribution is 0.0710. The standard InChI is InChI=1S/C14H16N4OS/c1-9-15-16-12-8-17(5-6-18(9)12)14(19)13-11(4-7-20-13)10-2-3-10/h4,7,10H,2-3,5-6,8H2,1H3. The number of aryl methyl sites for hydroxylation is 1. The van der Waals surface area contributed by atoms with Gasteiger partial charge >= 0.3 is 0 Å². The van der Waals surface area contributed by atoms with Crippen molar-refractivity contribution in [1.29, 1.82) is 0 Å². The average Bonchev–Trinajstić information content (AvgIpc) is 3.08. The van der Waals surface area contributed by atoms with Crippen LogP contribution in [0.25, 0.3) is 0 Å². The van der Waals surface area contributed by atoms with Crippen LogP contribution in [0.2, 0.25) is 0 Å². The van der Waals surface area contributed by atoms with Gasteiger partial charge in [0.2, 0.25) is 0 Å². The maximum Gasteiger partial charge on any atom is 0.264 e. The van der Waals surface area contributed by atoms with Gasteiger partial charge in [-0.2, -0.15) is 0 Å². The molecule has 2 aromatic heterocycles. The van der Waals surface area contributed by atoms with E-state index in [1.807, 2.05) is 17.2 Å². The second-order valence-electron chi connectivity index (χ2n) is 5.52. The molecule has 20 heavy (non-hydrogen) atoms. The third kappa shape index (κ3) is 1.86. The van der Waals surface area contributed by atoms with Crippen molar-refractivity contribution in [2.45, 2.75) is 38.8 Å². The van der Waals surface area contributed by atoms with Crippen LogP contribution < -0.4 is 0 Å². The molecule has 4 rings (SSSR count). The van der Waals surface area contributed by atoms with Crippen LogP contribution in [0.15, 0.2) is 11.4 Å². The Morgan fingerprint density at radius 2 is 2.20 bits per heavy atom. The Morgan fingerprint density at radius 3 is 3.00 bits per heavy atom. The fourth-order valence-corrected chi connectivity index (χ4v) is 3.78. The highest BCUT2D eigenvalue weighted by Gasteiger charge is 2.32. The topological polar surface area (TPSA) is 51.0 Å². The molecule has 0 bridgehead atoms. The highest BCUT2D eigenvalue weighted by atomic mass is 32.1. The lowest BCUT2D eigenvalue weighted by Crippen LogP contribution is -2.38. The molecule has 1 aliphatic heterocycles. The zero-order valence-corrected chi connectivity index (χ0v) is 12.2. The van der Waals surface area contributed by atoms with Crippen LogP contribution in [-0.2, 0) is 13.1 Å². The Kier molecular flexibility index (Phi) is 2.66. The molecular formula is C14H16N4OS. The molecule has 1 fully saturated rings. The Labute approximate surface area is 121 Å². The monoisotopic (exact) mass is 288 g/mol. The summed E-state index contributed by atoms with van der Waals surface area (Å²) in [5, 5.41) is 10.3. The molecule has 6 heteroatoms. The van der Waals surface area contributed by atoms with Crippen LogP contribution in [-0.4, -0.2) is 32.1 Å². The van der Waals surface area contributed by atoms with E-state index >= 15 is 0 Å². The lowest BCUT2D eigenvalue weighted by Gasteiger charge is -2.27. The molecule has 2 aliphatic rings. The summed E-state index contributed by atoms with van der Waals surface area (Å²) in [6, 6.07) is 2.12. The first-order chi connectivity index (χ1) is 9.74. The normalized spacial score (nSPS) is 18.1. The first kappa shape index (κ1) is 12.1. The van der Waals surface area contributed by atoms with Crippen molar-refractivity contribution in [1.82, 2.24) is 19.7 Å². The summed E-state index contributed by atoms with van der Waals surface area (Å²) in [7, 11) is 0. The summed E-state index contributed by atoms with van der Waals surface area (Å²) < 4.78 is 2.10. The minimum absolute atomic E-state index is 0.161. The van der Waals surface area contributed by atoms with Gasteiger partial charge in [0.15, 0.2) is 5.82 Å². The van der Waals surface area contributed by atoms with Crippen molar-refractivity contribution >= 4 is 17.2 Å². The van der Waals surface area contributed by atoms with Gasteiger partial charge in [-0.1, -0.05) is 0 Å².